The summed E-state index contributed by atoms with van der Waals surface area (Å²) >= 11 is 0. The molecule has 2 rings (SSSR count). The van der Waals surface area contributed by atoms with Gasteiger partial charge in [0.25, 0.3) is 0 Å². The number of hydrogen-bond acceptors (Lipinski definition) is 4. The first-order valence-corrected chi connectivity index (χ1v) is 8.66. The summed E-state index contributed by atoms with van der Waals surface area (Å²) in [6.45, 7) is 3.84. The first-order chi connectivity index (χ1) is 9.99. The van der Waals surface area contributed by atoms with Gasteiger partial charge in [-0.25, -0.2) is 8.42 Å². The number of sulfone groups is 1. The Labute approximate surface area is 125 Å². The highest BCUT2D eigenvalue weighted by Gasteiger charge is 2.06. The van der Waals surface area contributed by atoms with E-state index in [-0.39, 0.29) is 4.90 Å². The van der Waals surface area contributed by atoms with Crippen LogP contribution in [0.4, 0.5) is 0 Å². The molecule has 0 aliphatic heterocycles. The zero-order chi connectivity index (χ0) is 15.3. The van der Waals surface area contributed by atoms with Crippen molar-refractivity contribution in [1.82, 2.24) is 5.32 Å². The van der Waals surface area contributed by atoms with Crippen molar-refractivity contribution in [2.75, 3.05) is 12.8 Å². The quantitative estimate of drug-likeness (QED) is 0.891. The largest absolute Gasteiger partial charge is 0.457 e. The second-order valence-corrected chi connectivity index (χ2v) is 6.79. The van der Waals surface area contributed by atoms with Crippen LogP contribution in [0.1, 0.15) is 12.5 Å². The van der Waals surface area contributed by atoms with Crippen molar-refractivity contribution < 1.29 is 13.2 Å². The van der Waals surface area contributed by atoms with Crippen LogP contribution in [-0.2, 0) is 16.4 Å². The fourth-order valence-corrected chi connectivity index (χ4v) is 2.47. The van der Waals surface area contributed by atoms with Gasteiger partial charge in [-0.3, -0.25) is 0 Å². The van der Waals surface area contributed by atoms with Crippen LogP contribution < -0.4 is 10.1 Å². The highest BCUT2D eigenvalue weighted by molar-refractivity contribution is 7.90. The summed E-state index contributed by atoms with van der Waals surface area (Å²) in [4.78, 5) is 0.288. The summed E-state index contributed by atoms with van der Waals surface area (Å²) in [6.07, 6.45) is 1.19. The second kappa shape index (κ2) is 6.74. The van der Waals surface area contributed by atoms with Crippen LogP contribution >= 0.6 is 0 Å². The van der Waals surface area contributed by atoms with E-state index in [1.54, 1.807) is 24.3 Å². The van der Waals surface area contributed by atoms with Gasteiger partial charge in [0.2, 0.25) is 0 Å². The monoisotopic (exact) mass is 305 g/mol. The Hall–Kier alpha value is -1.85. The molecular formula is C16H19NO3S. The third-order valence-corrected chi connectivity index (χ3v) is 4.12. The zero-order valence-corrected chi connectivity index (χ0v) is 13.0. The van der Waals surface area contributed by atoms with E-state index in [2.05, 4.69) is 12.2 Å². The molecule has 0 saturated heterocycles. The summed E-state index contributed by atoms with van der Waals surface area (Å²) in [5.41, 5.74) is 1.19. The second-order valence-electron chi connectivity index (χ2n) is 4.77. The number of ether oxygens (including phenoxy) is 1. The van der Waals surface area contributed by atoms with Crippen molar-refractivity contribution >= 4 is 9.84 Å². The topological polar surface area (TPSA) is 55.4 Å². The Morgan fingerprint density at radius 2 is 1.48 bits per heavy atom. The van der Waals surface area contributed by atoms with E-state index in [1.807, 2.05) is 24.3 Å². The smallest absolute Gasteiger partial charge is 0.175 e. The predicted molar refractivity (Wildman–Crippen MR) is 83.4 cm³/mol. The van der Waals surface area contributed by atoms with Crippen LogP contribution in [0.25, 0.3) is 0 Å². The molecule has 21 heavy (non-hydrogen) atoms. The fourth-order valence-electron chi connectivity index (χ4n) is 1.84. The lowest BCUT2D eigenvalue weighted by Crippen LogP contribution is -2.11. The van der Waals surface area contributed by atoms with Crippen LogP contribution in [0.5, 0.6) is 11.5 Å². The summed E-state index contributed by atoms with van der Waals surface area (Å²) in [6, 6.07) is 14.2. The molecule has 0 fully saturated rings. The lowest BCUT2D eigenvalue weighted by atomic mass is 10.2. The van der Waals surface area contributed by atoms with Gasteiger partial charge in [0.05, 0.1) is 4.90 Å². The van der Waals surface area contributed by atoms with E-state index in [0.717, 1.165) is 18.8 Å². The van der Waals surface area contributed by atoms with Gasteiger partial charge in [-0.05, 0) is 48.5 Å². The van der Waals surface area contributed by atoms with E-state index >= 15 is 0 Å². The molecular weight excluding hydrogens is 286 g/mol. The Kier molecular flexibility index (Phi) is 4.98. The molecule has 0 unspecified atom stereocenters. The van der Waals surface area contributed by atoms with E-state index in [0.29, 0.717) is 5.75 Å². The highest BCUT2D eigenvalue weighted by Crippen LogP contribution is 2.23. The number of hydrogen-bond donors (Lipinski definition) is 1. The van der Waals surface area contributed by atoms with Crippen molar-refractivity contribution in [2.45, 2.75) is 18.4 Å². The molecule has 0 radical (unpaired) electrons. The van der Waals surface area contributed by atoms with Gasteiger partial charge in [0.1, 0.15) is 11.5 Å². The molecule has 0 spiro atoms. The summed E-state index contributed by atoms with van der Waals surface area (Å²) in [5.74, 6) is 1.34. The molecule has 0 saturated carbocycles. The van der Waals surface area contributed by atoms with Gasteiger partial charge in [-0.1, -0.05) is 19.1 Å². The Morgan fingerprint density at radius 3 is 1.95 bits per heavy atom. The molecule has 5 heteroatoms. The molecule has 0 aliphatic rings. The minimum absolute atomic E-state index is 0.288. The maximum Gasteiger partial charge on any atom is 0.175 e. The van der Waals surface area contributed by atoms with Gasteiger partial charge in [-0.15, -0.1) is 0 Å². The van der Waals surface area contributed by atoms with Crippen LogP contribution in [0.2, 0.25) is 0 Å². The van der Waals surface area contributed by atoms with E-state index in [9.17, 15) is 8.42 Å². The molecule has 0 aromatic heterocycles. The third kappa shape index (κ3) is 4.58. The standard InChI is InChI=1S/C16H19NO3S/c1-3-17-12-13-4-6-14(7-5-13)20-15-8-10-16(11-9-15)21(2,18)19/h4-11,17H,3,12H2,1-2H3. The number of nitrogens with one attached hydrogen (secondary N) is 1. The van der Waals surface area contributed by atoms with Gasteiger partial charge in [0.15, 0.2) is 9.84 Å². The maximum atomic E-state index is 11.4. The fraction of sp³-hybridized carbons (Fsp3) is 0.250. The van der Waals surface area contributed by atoms with Crippen molar-refractivity contribution in [3.8, 4) is 11.5 Å². The minimum Gasteiger partial charge on any atom is -0.457 e. The highest BCUT2D eigenvalue weighted by atomic mass is 32.2. The van der Waals surface area contributed by atoms with Crippen LogP contribution in [0.15, 0.2) is 53.4 Å². The van der Waals surface area contributed by atoms with Crippen LogP contribution in [0, 0.1) is 0 Å². The Morgan fingerprint density at radius 1 is 0.952 bits per heavy atom. The molecule has 1 N–H and O–H groups in total. The number of rotatable bonds is 6. The summed E-state index contributed by atoms with van der Waals surface area (Å²) < 4.78 is 28.4. The third-order valence-electron chi connectivity index (χ3n) is 2.99. The lowest BCUT2D eigenvalue weighted by Gasteiger charge is -2.08. The van der Waals surface area contributed by atoms with E-state index in [4.69, 9.17) is 4.74 Å². The average Bonchev–Trinajstić information content (AvgIpc) is 2.46. The predicted octanol–water partition coefficient (Wildman–Crippen LogP) is 2.99. The Bertz CT molecular complexity index is 676. The zero-order valence-electron chi connectivity index (χ0n) is 12.2. The molecule has 0 atom stereocenters. The summed E-state index contributed by atoms with van der Waals surface area (Å²) in [7, 11) is -3.17. The van der Waals surface area contributed by atoms with Gasteiger partial charge < -0.3 is 10.1 Å². The van der Waals surface area contributed by atoms with Gasteiger partial charge >= 0.3 is 0 Å². The SMILES string of the molecule is CCNCc1ccc(Oc2ccc(S(C)(=O)=O)cc2)cc1. The molecule has 0 amide bonds. The van der Waals surface area contributed by atoms with Gasteiger partial charge in [-0.2, -0.15) is 0 Å². The van der Waals surface area contributed by atoms with Gasteiger partial charge in [0, 0.05) is 12.8 Å². The van der Waals surface area contributed by atoms with Crippen LogP contribution in [0.3, 0.4) is 0 Å². The van der Waals surface area contributed by atoms with Crippen molar-refractivity contribution in [2.24, 2.45) is 0 Å². The summed E-state index contributed by atoms with van der Waals surface area (Å²) in [5, 5.41) is 3.26. The lowest BCUT2D eigenvalue weighted by molar-refractivity contribution is 0.482. The number of benzene rings is 2. The molecule has 112 valence electrons. The molecule has 2 aromatic rings. The Balaban J connectivity index is 2.04. The molecule has 0 aliphatic carbocycles. The molecule has 0 bridgehead atoms. The first-order valence-electron chi connectivity index (χ1n) is 6.76. The first kappa shape index (κ1) is 15.5. The molecule has 0 heterocycles. The molecule has 2 aromatic carbocycles. The normalized spacial score (nSPS) is 11.3. The van der Waals surface area contributed by atoms with Crippen molar-refractivity contribution in [3.05, 3.63) is 54.1 Å². The van der Waals surface area contributed by atoms with Crippen molar-refractivity contribution in [1.29, 1.82) is 0 Å². The van der Waals surface area contributed by atoms with Crippen molar-refractivity contribution in [3.63, 3.8) is 0 Å². The van der Waals surface area contributed by atoms with E-state index < -0.39 is 9.84 Å². The van der Waals surface area contributed by atoms with E-state index in [1.165, 1.54) is 11.8 Å². The average molecular weight is 305 g/mol. The molecule has 4 nitrogen and oxygen atoms in total. The van der Waals surface area contributed by atoms with Crippen LogP contribution in [-0.4, -0.2) is 21.2 Å². The maximum absolute atomic E-state index is 11.4. The minimum atomic E-state index is -3.17.